The third-order valence-corrected chi connectivity index (χ3v) is 9.75. The predicted molar refractivity (Wildman–Crippen MR) is 215 cm³/mol. The number of hydrogen-bond acceptors (Lipinski definition) is 10. The first-order chi connectivity index (χ1) is 26.7. The summed E-state index contributed by atoms with van der Waals surface area (Å²) >= 11 is 0. The lowest BCUT2D eigenvalue weighted by molar-refractivity contribution is -0.298. The molecule has 11 nitrogen and oxygen atoms in total. The maximum absolute atomic E-state index is 12.7. The van der Waals surface area contributed by atoms with E-state index in [1.807, 2.05) is 0 Å². The fourth-order valence-corrected chi connectivity index (χ4v) is 6.36. The molecule has 318 valence electrons. The molecular formula is C44H76O11. The fraction of sp³-hybridized carbons (Fsp3) is 0.795. The van der Waals surface area contributed by atoms with E-state index in [9.17, 15) is 34.8 Å². The van der Waals surface area contributed by atoms with Crippen LogP contribution in [0.2, 0.25) is 0 Å². The second kappa shape index (κ2) is 34.7. The number of unbranched alkanes of at least 4 members (excludes halogenated alkanes) is 18. The number of carboxylic acid groups (broad SMARTS) is 1. The lowest BCUT2D eigenvalue weighted by Gasteiger charge is -2.38. The highest BCUT2D eigenvalue weighted by Crippen LogP contribution is 2.23. The standard InChI is InChI=1S/C44H76O11/c1-3-5-7-9-11-13-15-17-18-19-21-23-25-27-29-31-33-38(46)54-36(35-53-44-41(49)39(47)40(48)42(55-44)43(50)51)34-52-37(45)32-30-28-26-24-22-20-16-14-12-10-8-6-4-2/h6,8,12,14,20,22,36,39-42,44,47-49H,3-5,7,9-11,13,15-19,21,23-35H2,1-2H3,(H,50,51)/b8-6-,14-12-,22-20-. The Bertz CT molecular complexity index is 1060. The van der Waals surface area contributed by atoms with Crippen LogP contribution in [0.25, 0.3) is 0 Å². The lowest BCUT2D eigenvalue weighted by atomic mass is 9.99. The van der Waals surface area contributed by atoms with Gasteiger partial charge in [-0.15, -0.1) is 0 Å². The van der Waals surface area contributed by atoms with Crippen LogP contribution >= 0.6 is 0 Å². The number of carbonyl (C=O) groups excluding carboxylic acids is 2. The Morgan fingerprint density at radius 2 is 1.07 bits per heavy atom. The number of hydrogen-bond donors (Lipinski definition) is 4. The average molecular weight is 781 g/mol. The number of ether oxygens (including phenoxy) is 4. The van der Waals surface area contributed by atoms with Crippen LogP contribution in [0.4, 0.5) is 0 Å². The highest BCUT2D eigenvalue weighted by atomic mass is 16.7. The third kappa shape index (κ3) is 26.8. The first kappa shape index (κ1) is 50.4. The molecule has 6 atom stereocenters. The van der Waals surface area contributed by atoms with Gasteiger partial charge in [0.15, 0.2) is 18.5 Å². The molecule has 0 amide bonds. The van der Waals surface area contributed by atoms with E-state index >= 15 is 0 Å². The summed E-state index contributed by atoms with van der Waals surface area (Å²) in [6.45, 7) is 3.67. The van der Waals surface area contributed by atoms with Gasteiger partial charge in [0.1, 0.15) is 24.9 Å². The molecule has 0 aromatic heterocycles. The van der Waals surface area contributed by atoms with E-state index in [2.05, 4.69) is 50.3 Å². The van der Waals surface area contributed by atoms with E-state index in [0.29, 0.717) is 12.8 Å². The minimum absolute atomic E-state index is 0.179. The Kier molecular flexibility index (Phi) is 31.8. The maximum atomic E-state index is 12.7. The molecule has 1 heterocycles. The summed E-state index contributed by atoms with van der Waals surface area (Å²) < 4.78 is 21.7. The number of aliphatic hydroxyl groups is 3. The molecule has 4 N–H and O–H groups in total. The molecule has 0 aromatic carbocycles. The van der Waals surface area contributed by atoms with Crippen LogP contribution in [0.1, 0.15) is 174 Å². The summed E-state index contributed by atoms with van der Waals surface area (Å²) in [6, 6.07) is 0. The van der Waals surface area contributed by atoms with Crippen molar-refractivity contribution in [1.29, 1.82) is 0 Å². The van der Waals surface area contributed by atoms with Gasteiger partial charge >= 0.3 is 17.9 Å². The molecule has 0 aromatic rings. The van der Waals surface area contributed by atoms with E-state index in [1.54, 1.807) is 0 Å². The summed E-state index contributed by atoms with van der Waals surface area (Å²) in [7, 11) is 0. The zero-order chi connectivity index (χ0) is 40.4. The van der Waals surface area contributed by atoms with Crippen molar-refractivity contribution >= 4 is 17.9 Å². The average Bonchev–Trinajstić information content (AvgIpc) is 3.17. The van der Waals surface area contributed by atoms with Gasteiger partial charge in [-0.1, -0.05) is 153 Å². The van der Waals surface area contributed by atoms with Crippen molar-refractivity contribution < 1.29 is 53.8 Å². The van der Waals surface area contributed by atoms with Gasteiger partial charge < -0.3 is 39.4 Å². The van der Waals surface area contributed by atoms with E-state index in [1.165, 1.54) is 77.0 Å². The summed E-state index contributed by atoms with van der Waals surface area (Å²) in [5, 5.41) is 39.7. The molecule has 11 heteroatoms. The Morgan fingerprint density at radius 1 is 0.582 bits per heavy atom. The molecule has 0 spiro atoms. The molecule has 1 aliphatic heterocycles. The Morgan fingerprint density at radius 3 is 1.62 bits per heavy atom. The smallest absolute Gasteiger partial charge is 0.335 e. The highest BCUT2D eigenvalue weighted by Gasteiger charge is 2.47. The van der Waals surface area contributed by atoms with Gasteiger partial charge in [0.05, 0.1) is 6.61 Å². The molecule has 1 aliphatic rings. The number of carboxylic acids is 1. The van der Waals surface area contributed by atoms with E-state index in [0.717, 1.165) is 57.8 Å². The summed E-state index contributed by atoms with van der Waals surface area (Å²) in [5.74, 6) is -2.48. The predicted octanol–water partition coefficient (Wildman–Crippen LogP) is 8.81. The van der Waals surface area contributed by atoms with Crippen molar-refractivity contribution in [3.05, 3.63) is 36.5 Å². The van der Waals surface area contributed by atoms with Crippen LogP contribution in [0.3, 0.4) is 0 Å². The zero-order valence-corrected chi connectivity index (χ0v) is 34.2. The number of esters is 2. The monoisotopic (exact) mass is 781 g/mol. The molecule has 1 rings (SSSR count). The molecule has 0 saturated carbocycles. The van der Waals surface area contributed by atoms with E-state index in [-0.39, 0.29) is 19.4 Å². The second-order valence-electron chi connectivity index (χ2n) is 14.8. The molecule has 0 aliphatic carbocycles. The van der Waals surface area contributed by atoms with E-state index < -0.39 is 61.3 Å². The summed E-state index contributed by atoms with van der Waals surface area (Å²) in [5.41, 5.74) is 0. The normalized spacial score (nSPS) is 20.8. The van der Waals surface area contributed by atoms with Crippen molar-refractivity contribution in [2.45, 2.75) is 211 Å². The van der Waals surface area contributed by atoms with Gasteiger partial charge in [0.2, 0.25) is 0 Å². The molecule has 1 saturated heterocycles. The Hall–Kier alpha value is -2.57. The first-order valence-electron chi connectivity index (χ1n) is 21.5. The number of rotatable bonds is 35. The van der Waals surface area contributed by atoms with Crippen LogP contribution in [0.5, 0.6) is 0 Å². The zero-order valence-electron chi connectivity index (χ0n) is 34.2. The Balaban J connectivity index is 2.40. The summed E-state index contributed by atoms with van der Waals surface area (Å²) in [6.07, 6.45) is 29.2. The van der Waals surface area contributed by atoms with Crippen LogP contribution in [0, 0.1) is 0 Å². The van der Waals surface area contributed by atoms with E-state index in [4.69, 9.17) is 18.9 Å². The number of aliphatic carboxylic acids is 1. The van der Waals surface area contributed by atoms with Crippen LogP contribution < -0.4 is 0 Å². The number of carbonyl (C=O) groups is 3. The minimum Gasteiger partial charge on any atom is -0.479 e. The maximum Gasteiger partial charge on any atom is 0.335 e. The van der Waals surface area contributed by atoms with Crippen molar-refractivity contribution in [2.75, 3.05) is 13.2 Å². The van der Waals surface area contributed by atoms with Gasteiger partial charge in [-0.2, -0.15) is 0 Å². The van der Waals surface area contributed by atoms with Gasteiger partial charge in [0, 0.05) is 12.8 Å². The summed E-state index contributed by atoms with van der Waals surface area (Å²) in [4.78, 5) is 36.7. The first-order valence-corrected chi connectivity index (χ1v) is 21.5. The van der Waals surface area contributed by atoms with Gasteiger partial charge in [-0.3, -0.25) is 9.59 Å². The number of allylic oxidation sites excluding steroid dienone is 6. The lowest BCUT2D eigenvalue weighted by Crippen LogP contribution is -2.60. The largest absolute Gasteiger partial charge is 0.479 e. The molecule has 55 heavy (non-hydrogen) atoms. The van der Waals surface area contributed by atoms with Crippen molar-refractivity contribution in [2.24, 2.45) is 0 Å². The van der Waals surface area contributed by atoms with Crippen LogP contribution in [0.15, 0.2) is 36.5 Å². The quantitative estimate of drug-likeness (QED) is 0.0275. The molecule has 1 fully saturated rings. The van der Waals surface area contributed by atoms with Crippen LogP contribution in [-0.4, -0.2) is 88.4 Å². The molecule has 0 bridgehead atoms. The van der Waals surface area contributed by atoms with Crippen LogP contribution in [-0.2, 0) is 33.3 Å². The van der Waals surface area contributed by atoms with Crippen molar-refractivity contribution in [3.8, 4) is 0 Å². The van der Waals surface area contributed by atoms with Crippen molar-refractivity contribution in [3.63, 3.8) is 0 Å². The third-order valence-electron chi connectivity index (χ3n) is 9.75. The molecule has 6 unspecified atom stereocenters. The second-order valence-corrected chi connectivity index (χ2v) is 14.8. The van der Waals surface area contributed by atoms with Gasteiger partial charge in [-0.25, -0.2) is 4.79 Å². The topological polar surface area (TPSA) is 169 Å². The Labute approximate surface area is 331 Å². The van der Waals surface area contributed by atoms with Gasteiger partial charge in [0.25, 0.3) is 0 Å². The molecule has 0 radical (unpaired) electrons. The van der Waals surface area contributed by atoms with Crippen molar-refractivity contribution in [1.82, 2.24) is 0 Å². The fourth-order valence-electron chi connectivity index (χ4n) is 6.36. The SMILES string of the molecule is CC/C=C\C/C=C\C/C=C\CCCCCC(=O)OCC(COC1OC(C(=O)O)C(O)C(O)C1O)OC(=O)CCCCCCCCCCCCCCCCCC. The minimum atomic E-state index is -1.86. The molecular weight excluding hydrogens is 704 g/mol. The highest BCUT2D eigenvalue weighted by molar-refractivity contribution is 5.73. The number of aliphatic hydroxyl groups excluding tert-OH is 3. The van der Waals surface area contributed by atoms with Gasteiger partial charge in [-0.05, 0) is 44.9 Å².